The van der Waals surface area contributed by atoms with Crippen molar-refractivity contribution in [1.82, 2.24) is 0 Å². The lowest BCUT2D eigenvalue weighted by Gasteiger charge is -2.03. The van der Waals surface area contributed by atoms with Gasteiger partial charge in [0.25, 0.3) is 0 Å². The van der Waals surface area contributed by atoms with Crippen molar-refractivity contribution in [3.8, 4) is 0 Å². The third-order valence-electron chi connectivity index (χ3n) is 1.90. The Morgan fingerprint density at radius 1 is 1.33 bits per heavy atom. The molecule has 0 aromatic heterocycles. The van der Waals surface area contributed by atoms with Crippen molar-refractivity contribution in [2.75, 3.05) is 0 Å². The molecule has 0 spiro atoms. The Kier molecular flexibility index (Phi) is 3.06. The maximum Gasteiger partial charge on any atom is 0.0682 e. The molecule has 0 fully saturated rings. The van der Waals surface area contributed by atoms with Gasteiger partial charge in [-0.3, -0.25) is 0 Å². The molecule has 1 aromatic rings. The van der Waals surface area contributed by atoms with Crippen LogP contribution in [0.5, 0.6) is 0 Å². The van der Waals surface area contributed by atoms with Crippen molar-refractivity contribution in [2.45, 2.75) is 20.0 Å². The normalized spacial score (nSPS) is 9.83. The van der Waals surface area contributed by atoms with Crippen molar-refractivity contribution < 1.29 is 5.11 Å². The smallest absolute Gasteiger partial charge is 0.0682 e. The van der Waals surface area contributed by atoms with Gasteiger partial charge in [0.05, 0.1) is 6.61 Å². The highest BCUT2D eigenvalue weighted by Gasteiger charge is 1.96. The highest BCUT2D eigenvalue weighted by molar-refractivity contribution is 5.50. The number of aliphatic hydroxyl groups excluding tert-OH is 1. The lowest BCUT2D eigenvalue weighted by Crippen LogP contribution is -1.88. The second-order valence-corrected chi connectivity index (χ2v) is 2.80. The summed E-state index contributed by atoms with van der Waals surface area (Å²) in [6.45, 7) is 5.91. The van der Waals surface area contributed by atoms with Crippen molar-refractivity contribution in [3.63, 3.8) is 0 Å². The average Bonchev–Trinajstić information content (AvgIpc) is 2.16. The van der Waals surface area contributed by atoms with E-state index in [4.69, 9.17) is 5.11 Å². The molecule has 0 amide bonds. The Morgan fingerprint density at radius 3 is 2.50 bits per heavy atom. The minimum Gasteiger partial charge on any atom is -0.392 e. The first-order valence-electron chi connectivity index (χ1n) is 4.16. The summed E-state index contributed by atoms with van der Waals surface area (Å²) in [5.41, 5.74) is 3.29. The molecule has 1 heteroatoms. The summed E-state index contributed by atoms with van der Waals surface area (Å²) >= 11 is 0. The zero-order valence-electron chi connectivity index (χ0n) is 7.38. The summed E-state index contributed by atoms with van der Waals surface area (Å²) in [5.74, 6) is 0. The van der Waals surface area contributed by atoms with Gasteiger partial charge in [0.1, 0.15) is 0 Å². The first-order chi connectivity index (χ1) is 5.80. The molecule has 0 aliphatic carbocycles. The van der Waals surface area contributed by atoms with Crippen LogP contribution in [0.25, 0.3) is 6.08 Å². The van der Waals surface area contributed by atoms with Crippen LogP contribution < -0.4 is 0 Å². The van der Waals surface area contributed by atoms with E-state index in [-0.39, 0.29) is 6.61 Å². The number of aryl methyl sites for hydroxylation is 1. The SMILES string of the molecule is C=Cc1cc(CC)cc(CO)c1. The Hall–Kier alpha value is -1.08. The van der Waals surface area contributed by atoms with E-state index in [9.17, 15) is 0 Å². The van der Waals surface area contributed by atoms with Crippen molar-refractivity contribution >= 4 is 6.08 Å². The maximum atomic E-state index is 8.94. The zero-order valence-corrected chi connectivity index (χ0v) is 7.38. The van der Waals surface area contributed by atoms with Gasteiger partial charge in [-0.15, -0.1) is 0 Å². The molecule has 1 aromatic carbocycles. The maximum absolute atomic E-state index is 8.94. The molecule has 0 radical (unpaired) electrons. The van der Waals surface area contributed by atoms with Crippen molar-refractivity contribution in [1.29, 1.82) is 0 Å². The molecule has 0 aliphatic rings. The monoisotopic (exact) mass is 162 g/mol. The quantitative estimate of drug-likeness (QED) is 0.723. The van der Waals surface area contributed by atoms with Gasteiger partial charge in [-0.25, -0.2) is 0 Å². The summed E-state index contributed by atoms with van der Waals surface area (Å²) in [5, 5.41) is 8.94. The average molecular weight is 162 g/mol. The van der Waals surface area contributed by atoms with Crippen LogP contribution in [-0.2, 0) is 13.0 Å². The molecular weight excluding hydrogens is 148 g/mol. The molecule has 1 N–H and O–H groups in total. The molecule has 0 bridgehead atoms. The standard InChI is InChI=1S/C11H14O/c1-3-9-5-10(4-2)7-11(6-9)8-12/h3,5-7,12H,1,4,8H2,2H3. The summed E-state index contributed by atoms with van der Waals surface area (Å²) in [6.07, 6.45) is 2.80. The second kappa shape index (κ2) is 4.07. The van der Waals surface area contributed by atoms with Crippen LogP contribution in [0.15, 0.2) is 24.8 Å². The minimum absolute atomic E-state index is 0.106. The predicted octanol–water partition coefficient (Wildman–Crippen LogP) is 2.38. The molecule has 0 aliphatic heterocycles. The predicted molar refractivity (Wildman–Crippen MR) is 51.8 cm³/mol. The molecule has 0 atom stereocenters. The van der Waals surface area contributed by atoms with Gasteiger partial charge in [0, 0.05) is 0 Å². The van der Waals surface area contributed by atoms with Gasteiger partial charge in [-0.05, 0) is 29.2 Å². The van der Waals surface area contributed by atoms with E-state index in [1.54, 1.807) is 6.08 Å². The third kappa shape index (κ3) is 1.95. The molecule has 0 saturated heterocycles. The zero-order chi connectivity index (χ0) is 8.97. The van der Waals surface area contributed by atoms with E-state index in [0.717, 1.165) is 17.5 Å². The number of rotatable bonds is 3. The van der Waals surface area contributed by atoms with Gasteiger partial charge in [0.15, 0.2) is 0 Å². The van der Waals surface area contributed by atoms with E-state index in [1.807, 2.05) is 12.1 Å². The van der Waals surface area contributed by atoms with Gasteiger partial charge < -0.3 is 5.11 Å². The summed E-state index contributed by atoms with van der Waals surface area (Å²) in [7, 11) is 0. The Labute approximate surface area is 73.4 Å². The third-order valence-corrected chi connectivity index (χ3v) is 1.90. The van der Waals surface area contributed by atoms with E-state index in [1.165, 1.54) is 5.56 Å². The molecule has 0 heterocycles. The van der Waals surface area contributed by atoms with E-state index < -0.39 is 0 Å². The van der Waals surface area contributed by atoms with Crippen molar-refractivity contribution in [3.05, 3.63) is 41.5 Å². The van der Waals surface area contributed by atoms with Gasteiger partial charge in [-0.2, -0.15) is 0 Å². The molecule has 1 nitrogen and oxygen atoms in total. The lowest BCUT2D eigenvalue weighted by atomic mass is 10.0. The highest BCUT2D eigenvalue weighted by atomic mass is 16.3. The first-order valence-corrected chi connectivity index (χ1v) is 4.16. The summed E-state index contributed by atoms with van der Waals surface area (Å²) in [4.78, 5) is 0. The van der Waals surface area contributed by atoms with Crippen LogP contribution in [0.2, 0.25) is 0 Å². The Bertz CT molecular complexity index is 254. The van der Waals surface area contributed by atoms with Crippen LogP contribution in [0.4, 0.5) is 0 Å². The Morgan fingerprint density at radius 2 is 2.00 bits per heavy atom. The molecule has 64 valence electrons. The molecule has 0 unspecified atom stereocenters. The van der Waals surface area contributed by atoms with Crippen LogP contribution in [0.3, 0.4) is 0 Å². The number of hydrogen-bond acceptors (Lipinski definition) is 1. The number of benzene rings is 1. The lowest BCUT2D eigenvalue weighted by molar-refractivity contribution is 0.281. The fourth-order valence-corrected chi connectivity index (χ4v) is 1.20. The van der Waals surface area contributed by atoms with E-state index in [0.29, 0.717) is 0 Å². The molecule has 0 saturated carbocycles. The van der Waals surface area contributed by atoms with Gasteiger partial charge >= 0.3 is 0 Å². The number of hydrogen-bond donors (Lipinski definition) is 1. The fraction of sp³-hybridized carbons (Fsp3) is 0.273. The molecule has 12 heavy (non-hydrogen) atoms. The summed E-state index contributed by atoms with van der Waals surface area (Å²) < 4.78 is 0. The van der Waals surface area contributed by atoms with E-state index in [2.05, 4.69) is 19.6 Å². The largest absolute Gasteiger partial charge is 0.392 e. The van der Waals surface area contributed by atoms with Crippen LogP contribution in [0, 0.1) is 0 Å². The van der Waals surface area contributed by atoms with Crippen LogP contribution in [0.1, 0.15) is 23.6 Å². The first kappa shape index (κ1) is 9.01. The van der Waals surface area contributed by atoms with Crippen molar-refractivity contribution in [2.24, 2.45) is 0 Å². The van der Waals surface area contributed by atoms with Crippen LogP contribution >= 0.6 is 0 Å². The molecular formula is C11H14O. The minimum atomic E-state index is 0.106. The second-order valence-electron chi connectivity index (χ2n) is 2.80. The molecule has 1 rings (SSSR count). The van der Waals surface area contributed by atoms with E-state index >= 15 is 0 Å². The number of aliphatic hydroxyl groups is 1. The fourth-order valence-electron chi connectivity index (χ4n) is 1.20. The van der Waals surface area contributed by atoms with Crippen LogP contribution in [-0.4, -0.2) is 5.11 Å². The summed E-state index contributed by atoms with van der Waals surface area (Å²) in [6, 6.07) is 6.06. The topological polar surface area (TPSA) is 20.2 Å². The van der Waals surface area contributed by atoms with Gasteiger partial charge in [-0.1, -0.05) is 31.7 Å². The highest BCUT2D eigenvalue weighted by Crippen LogP contribution is 2.11. The Balaban J connectivity index is 3.09. The van der Waals surface area contributed by atoms with Gasteiger partial charge in [0.2, 0.25) is 0 Å².